The fourth-order valence-corrected chi connectivity index (χ4v) is 1.58. The molecule has 1 rings (SSSR count). The van der Waals surface area contributed by atoms with Crippen LogP contribution in [0.15, 0.2) is 0 Å². The highest BCUT2D eigenvalue weighted by Crippen LogP contribution is 2.15. The molecule has 0 aromatic carbocycles. The van der Waals surface area contributed by atoms with Gasteiger partial charge in [0.05, 0.1) is 6.10 Å². The Morgan fingerprint density at radius 3 is 3.00 bits per heavy atom. The zero-order valence-electron chi connectivity index (χ0n) is 7.80. The maximum absolute atomic E-state index is 10.8. The van der Waals surface area contributed by atoms with Crippen molar-refractivity contribution in [1.82, 2.24) is 5.32 Å². The summed E-state index contributed by atoms with van der Waals surface area (Å²) in [4.78, 5) is 10.8. The largest absolute Gasteiger partial charge is 0.378 e. The molecule has 3 nitrogen and oxygen atoms in total. The minimum absolute atomic E-state index is 0.0664. The van der Waals surface area contributed by atoms with Crippen LogP contribution in [0.4, 0.5) is 0 Å². The highest BCUT2D eigenvalue weighted by atomic mass is 16.5. The molecule has 3 heteroatoms. The number of carbonyl (C=O) groups excluding carboxylic acids is 1. The Morgan fingerprint density at radius 1 is 1.67 bits per heavy atom. The Kier molecular flexibility index (Phi) is 3.53. The van der Waals surface area contributed by atoms with Crippen LogP contribution in [0, 0.1) is 0 Å². The zero-order chi connectivity index (χ0) is 8.97. The van der Waals surface area contributed by atoms with E-state index in [1.807, 2.05) is 0 Å². The van der Waals surface area contributed by atoms with Crippen LogP contribution in [0.5, 0.6) is 0 Å². The van der Waals surface area contributed by atoms with Crippen LogP contribution in [0.25, 0.3) is 0 Å². The number of hydrogen-bond donors (Lipinski definition) is 1. The van der Waals surface area contributed by atoms with E-state index in [1.54, 1.807) is 6.92 Å². The Labute approximate surface area is 73.5 Å². The molecule has 1 heterocycles. The number of carbonyl (C=O) groups is 1. The maximum atomic E-state index is 10.8. The van der Waals surface area contributed by atoms with Crippen molar-refractivity contribution in [1.29, 1.82) is 0 Å². The van der Waals surface area contributed by atoms with Gasteiger partial charge in [-0.25, -0.2) is 0 Å². The maximum Gasteiger partial charge on any atom is 0.217 e. The first-order valence-corrected chi connectivity index (χ1v) is 4.61. The normalized spacial score (nSPS) is 29.8. The molecule has 0 saturated carbocycles. The van der Waals surface area contributed by atoms with E-state index in [9.17, 15) is 4.79 Å². The van der Waals surface area contributed by atoms with Crippen LogP contribution in [0.3, 0.4) is 0 Å². The van der Waals surface area contributed by atoms with Gasteiger partial charge in [-0.2, -0.15) is 0 Å². The molecule has 0 unspecified atom stereocenters. The SMILES string of the molecule is CC[C@@H]1C[C@@H](NC(C)=O)CCO1. The van der Waals surface area contributed by atoms with Gasteiger partial charge in [0, 0.05) is 19.6 Å². The summed E-state index contributed by atoms with van der Waals surface area (Å²) in [6, 6.07) is 0.334. The van der Waals surface area contributed by atoms with E-state index in [2.05, 4.69) is 12.2 Å². The molecule has 1 aliphatic rings. The fourth-order valence-electron chi connectivity index (χ4n) is 1.58. The second kappa shape index (κ2) is 4.45. The lowest BCUT2D eigenvalue weighted by molar-refractivity contribution is -0.120. The van der Waals surface area contributed by atoms with Crippen LogP contribution in [-0.2, 0) is 9.53 Å². The molecule has 0 bridgehead atoms. The molecule has 70 valence electrons. The number of hydrogen-bond acceptors (Lipinski definition) is 2. The van der Waals surface area contributed by atoms with E-state index in [-0.39, 0.29) is 5.91 Å². The minimum atomic E-state index is 0.0664. The summed E-state index contributed by atoms with van der Waals surface area (Å²) in [5, 5.41) is 2.93. The van der Waals surface area contributed by atoms with E-state index in [1.165, 1.54) is 0 Å². The predicted molar refractivity (Wildman–Crippen MR) is 46.9 cm³/mol. The van der Waals surface area contributed by atoms with Crippen molar-refractivity contribution < 1.29 is 9.53 Å². The molecule has 1 fully saturated rings. The quantitative estimate of drug-likeness (QED) is 0.675. The average molecular weight is 171 g/mol. The molecular formula is C9H17NO2. The van der Waals surface area contributed by atoms with Crippen molar-refractivity contribution >= 4 is 5.91 Å². The third-order valence-electron chi connectivity index (χ3n) is 2.23. The molecule has 1 N–H and O–H groups in total. The minimum Gasteiger partial charge on any atom is -0.378 e. The Hall–Kier alpha value is -0.570. The summed E-state index contributed by atoms with van der Waals surface area (Å²) < 4.78 is 5.49. The summed E-state index contributed by atoms with van der Waals surface area (Å²) in [6.45, 7) is 4.46. The van der Waals surface area contributed by atoms with Gasteiger partial charge in [0.15, 0.2) is 0 Å². The predicted octanol–water partition coefficient (Wildman–Crippen LogP) is 1.08. The molecule has 1 saturated heterocycles. The van der Waals surface area contributed by atoms with Crippen LogP contribution in [-0.4, -0.2) is 24.7 Å². The molecule has 0 aromatic rings. The second-order valence-electron chi connectivity index (χ2n) is 3.32. The van der Waals surface area contributed by atoms with E-state index in [0.29, 0.717) is 12.1 Å². The van der Waals surface area contributed by atoms with E-state index >= 15 is 0 Å². The van der Waals surface area contributed by atoms with Gasteiger partial charge in [0.25, 0.3) is 0 Å². The Morgan fingerprint density at radius 2 is 2.42 bits per heavy atom. The first-order chi connectivity index (χ1) is 5.72. The van der Waals surface area contributed by atoms with Gasteiger partial charge in [-0.1, -0.05) is 6.92 Å². The van der Waals surface area contributed by atoms with Crippen molar-refractivity contribution in [2.75, 3.05) is 6.61 Å². The topological polar surface area (TPSA) is 38.3 Å². The molecular weight excluding hydrogens is 154 g/mol. The van der Waals surface area contributed by atoms with E-state index < -0.39 is 0 Å². The lowest BCUT2D eigenvalue weighted by atomic mass is 10.0. The van der Waals surface area contributed by atoms with Crippen molar-refractivity contribution in [2.24, 2.45) is 0 Å². The van der Waals surface area contributed by atoms with Gasteiger partial charge in [-0.3, -0.25) is 4.79 Å². The standard InChI is InChI=1S/C9H17NO2/c1-3-9-6-8(4-5-12-9)10-7(2)11/h8-9H,3-6H2,1-2H3,(H,10,11)/t8-,9+/m0/s1. The van der Waals surface area contributed by atoms with E-state index in [0.717, 1.165) is 25.9 Å². The highest BCUT2D eigenvalue weighted by molar-refractivity contribution is 5.73. The molecule has 1 amide bonds. The summed E-state index contributed by atoms with van der Waals surface area (Å²) in [7, 11) is 0. The number of ether oxygens (including phenoxy) is 1. The molecule has 0 aliphatic carbocycles. The average Bonchev–Trinajstić information content (AvgIpc) is 2.03. The van der Waals surface area contributed by atoms with Crippen molar-refractivity contribution in [2.45, 2.75) is 45.3 Å². The first-order valence-electron chi connectivity index (χ1n) is 4.61. The van der Waals surface area contributed by atoms with Crippen LogP contribution in [0.1, 0.15) is 33.1 Å². The van der Waals surface area contributed by atoms with Crippen molar-refractivity contribution in [3.05, 3.63) is 0 Å². The van der Waals surface area contributed by atoms with Crippen molar-refractivity contribution in [3.63, 3.8) is 0 Å². The van der Waals surface area contributed by atoms with Gasteiger partial charge in [0.1, 0.15) is 0 Å². The van der Waals surface area contributed by atoms with Crippen LogP contribution < -0.4 is 5.32 Å². The molecule has 2 atom stereocenters. The Bertz CT molecular complexity index is 159. The van der Waals surface area contributed by atoms with Crippen LogP contribution in [0.2, 0.25) is 0 Å². The highest BCUT2D eigenvalue weighted by Gasteiger charge is 2.21. The molecule has 12 heavy (non-hydrogen) atoms. The summed E-state index contributed by atoms with van der Waals surface area (Å²) in [6.07, 6.45) is 3.30. The monoisotopic (exact) mass is 171 g/mol. The number of amides is 1. The molecule has 0 aromatic heterocycles. The summed E-state index contributed by atoms with van der Waals surface area (Å²) >= 11 is 0. The molecule has 0 radical (unpaired) electrons. The Balaban J connectivity index is 2.30. The van der Waals surface area contributed by atoms with Gasteiger partial charge in [-0.15, -0.1) is 0 Å². The third-order valence-corrected chi connectivity index (χ3v) is 2.23. The second-order valence-corrected chi connectivity index (χ2v) is 3.32. The van der Waals surface area contributed by atoms with Gasteiger partial charge in [0.2, 0.25) is 5.91 Å². The van der Waals surface area contributed by atoms with E-state index in [4.69, 9.17) is 4.74 Å². The van der Waals surface area contributed by atoms with Gasteiger partial charge in [-0.05, 0) is 19.3 Å². The van der Waals surface area contributed by atoms with Gasteiger partial charge >= 0.3 is 0 Å². The number of rotatable bonds is 2. The smallest absolute Gasteiger partial charge is 0.217 e. The summed E-state index contributed by atoms with van der Waals surface area (Å²) in [5.74, 6) is 0.0664. The lowest BCUT2D eigenvalue weighted by Crippen LogP contribution is -2.40. The number of nitrogens with one attached hydrogen (secondary N) is 1. The van der Waals surface area contributed by atoms with Gasteiger partial charge < -0.3 is 10.1 Å². The van der Waals surface area contributed by atoms with Crippen LogP contribution >= 0.6 is 0 Å². The first kappa shape index (κ1) is 9.52. The molecule has 0 spiro atoms. The zero-order valence-corrected chi connectivity index (χ0v) is 7.80. The lowest BCUT2D eigenvalue weighted by Gasteiger charge is -2.29. The third kappa shape index (κ3) is 2.81. The summed E-state index contributed by atoms with van der Waals surface area (Å²) in [5.41, 5.74) is 0. The van der Waals surface area contributed by atoms with Crippen molar-refractivity contribution in [3.8, 4) is 0 Å². The fraction of sp³-hybridized carbons (Fsp3) is 0.889. The molecule has 1 aliphatic heterocycles.